The van der Waals surface area contributed by atoms with E-state index < -0.39 is 0 Å². The van der Waals surface area contributed by atoms with Gasteiger partial charge in [0.15, 0.2) is 0 Å². The Balaban J connectivity index is 0.000001000. The number of halogens is 1. The minimum Gasteiger partial charge on any atom is -0.381 e. The topological polar surface area (TPSA) is 52.3 Å². The number of Topliss-reactive ketones (excluding diaryl/α,β-unsaturated/α-hetero) is 1. The molecule has 1 saturated heterocycles. The van der Waals surface area contributed by atoms with E-state index in [1.165, 1.54) is 0 Å². The third-order valence-electron chi connectivity index (χ3n) is 1.93. The van der Waals surface area contributed by atoms with E-state index in [9.17, 15) is 4.79 Å². The molecule has 3 nitrogen and oxygen atoms in total. The van der Waals surface area contributed by atoms with Gasteiger partial charge in [0.2, 0.25) is 0 Å². The first-order valence-corrected chi connectivity index (χ1v) is 3.55. The number of nitrogens with two attached hydrogens (primary N) is 1. The van der Waals surface area contributed by atoms with Crippen LogP contribution in [0.4, 0.5) is 0 Å². The Morgan fingerprint density at radius 3 is 2.64 bits per heavy atom. The summed E-state index contributed by atoms with van der Waals surface area (Å²) in [5, 5.41) is 0. The monoisotopic (exact) mass is 179 g/mol. The molecule has 1 aliphatic rings. The minimum atomic E-state index is -0.0613. The maximum Gasteiger partial charge on any atom is 0.136 e. The van der Waals surface area contributed by atoms with Crippen LogP contribution in [0, 0.1) is 5.92 Å². The number of ether oxygens (including phenoxy) is 1. The van der Waals surface area contributed by atoms with Crippen molar-refractivity contribution in [2.24, 2.45) is 11.7 Å². The van der Waals surface area contributed by atoms with Gasteiger partial charge in [0.05, 0.1) is 12.5 Å². The van der Waals surface area contributed by atoms with E-state index in [0.717, 1.165) is 6.42 Å². The lowest BCUT2D eigenvalue weighted by molar-refractivity contribution is -0.125. The zero-order chi connectivity index (χ0) is 7.56. The highest BCUT2D eigenvalue weighted by Gasteiger charge is 2.25. The molecule has 0 unspecified atom stereocenters. The highest BCUT2D eigenvalue weighted by Crippen LogP contribution is 2.12. The van der Waals surface area contributed by atoms with E-state index in [1.807, 2.05) is 0 Å². The van der Waals surface area contributed by atoms with Crippen LogP contribution in [0.25, 0.3) is 0 Å². The molecule has 0 amide bonds. The van der Waals surface area contributed by atoms with Crippen molar-refractivity contribution < 1.29 is 9.53 Å². The van der Waals surface area contributed by atoms with Crippen molar-refractivity contribution in [2.75, 3.05) is 13.2 Å². The SMILES string of the molecule is CC(=O)[C@H]1COCC[C@H]1N.Cl. The van der Waals surface area contributed by atoms with Gasteiger partial charge in [0.1, 0.15) is 5.78 Å². The van der Waals surface area contributed by atoms with Crippen LogP contribution in [-0.4, -0.2) is 25.0 Å². The minimum absolute atomic E-state index is 0. The first-order valence-electron chi connectivity index (χ1n) is 3.55. The second kappa shape index (κ2) is 4.70. The molecule has 4 heteroatoms. The van der Waals surface area contributed by atoms with Crippen molar-refractivity contribution in [1.82, 2.24) is 0 Å². The molecule has 0 aromatic heterocycles. The van der Waals surface area contributed by atoms with Crippen LogP contribution in [0.15, 0.2) is 0 Å². The molecule has 0 aliphatic carbocycles. The van der Waals surface area contributed by atoms with E-state index in [4.69, 9.17) is 10.5 Å². The summed E-state index contributed by atoms with van der Waals surface area (Å²) >= 11 is 0. The molecule has 2 atom stereocenters. The molecule has 0 saturated carbocycles. The number of carbonyl (C=O) groups excluding carboxylic acids is 1. The highest BCUT2D eigenvalue weighted by molar-refractivity contribution is 5.85. The van der Waals surface area contributed by atoms with Crippen LogP contribution in [0.5, 0.6) is 0 Å². The van der Waals surface area contributed by atoms with Crippen LogP contribution in [0.3, 0.4) is 0 Å². The van der Waals surface area contributed by atoms with Gasteiger partial charge >= 0.3 is 0 Å². The first kappa shape index (κ1) is 10.9. The van der Waals surface area contributed by atoms with Gasteiger partial charge in [-0.1, -0.05) is 0 Å². The summed E-state index contributed by atoms with van der Waals surface area (Å²) in [7, 11) is 0. The predicted octanol–water partition coefficient (Wildman–Crippen LogP) is 0.361. The number of carbonyl (C=O) groups is 1. The Hall–Kier alpha value is -0.120. The summed E-state index contributed by atoms with van der Waals surface area (Å²) in [4.78, 5) is 10.8. The summed E-state index contributed by atoms with van der Waals surface area (Å²) in [6, 6.07) is 0.0197. The van der Waals surface area contributed by atoms with E-state index in [1.54, 1.807) is 6.92 Å². The molecule has 0 bridgehead atoms. The second-order valence-electron chi connectivity index (χ2n) is 2.74. The van der Waals surface area contributed by atoms with Crippen molar-refractivity contribution in [2.45, 2.75) is 19.4 Å². The Morgan fingerprint density at radius 1 is 1.64 bits per heavy atom. The van der Waals surface area contributed by atoms with E-state index in [2.05, 4.69) is 0 Å². The predicted molar refractivity (Wildman–Crippen MR) is 44.8 cm³/mol. The van der Waals surface area contributed by atoms with Gasteiger partial charge < -0.3 is 10.5 Å². The summed E-state index contributed by atoms with van der Waals surface area (Å²) in [6.07, 6.45) is 0.810. The zero-order valence-electron chi connectivity index (χ0n) is 6.58. The third kappa shape index (κ3) is 2.77. The molecule has 1 aliphatic heterocycles. The molecule has 11 heavy (non-hydrogen) atoms. The van der Waals surface area contributed by atoms with Crippen LogP contribution in [0.2, 0.25) is 0 Å². The van der Waals surface area contributed by atoms with Crippen molar-refractivity contribution in [3.63, 3.8) is 0 Å². The summed E-state index contributed by atoms with van der Waals surface area (Å²) < 4.78 is 5.11. The van der Waals surface area contributed by atoms with E-state index in [0.29, 0.717) is 13.2 Å². The van der Waals surface area contributed by atoms with Crippen molar-refractivity contribution in [3.8, 4) is 0 Å². The van der Waals surface area contributed by atoms with Crippen molar-refractivity contribution in [1.29, 1.82) is 0 Å². The molecule has 1 heterocycles. The average molecular weight is 180 g/mol. The van der Waals surface area contributed by atoms with Crippen molar-refractivity contribution >= 4 is 18.2 Å². The molecule has 0 radical (unpaired) electrons. The van der Waals surface area contributed by atoms with Crippen LogP contribution < -0.4 is 5.73 Å². The Morgan fingerprint density at radius 2 is 2.27 bits per heavy atom. The molecule has 0 spiro atoms. The third-order valence-corrected chi connectivity index (χ3v) is 1.93. The van der Waals surface area contributed by atoms with Gasteiger partial charge in [0, 0.05) is 12.6 Å². The summed E-state index contributed by atoms with van der Waals surface area (Å²) in [6.45, 7) is 2.78. The maximum absolute atomic E-state index is 10.8. The number of hydrogen-bond donors (Lipinski definition) is 1. The molecular formula is C7H14ClNO2. The molecule has 66 valence electrons. The van der Waals surface area contributed by atoms with Gasteiger partial charge in [0.25, 0.3) is 0 Å². The summed E-state index contributed by atoms with van der Waals surface area (Å²) in [5.74, 6) is 0.0842. The van der Waals surface area contributed by atoms with Gasteiger partial charge in [-0.25, -0.2) is 0 Å². The lowest BCUT2D eigenvalue weighted by atomic mass is 9.93. The zero-order valence-corrected chi connectivity index (χ0v) is 7.39. The van der Waals surface area contributed by atoms with Crippen molar-refractivity contribution in [3.05, 3.63) is 0 Å². The quantitative estimate of drug-likeness (QED) is 0.633. The lowest BCUT2D eigenvalue weighted by Gasteiger charge is -2.26. The highest BCUT2D eigenvalue weighted by atomic mass is 35.5. The smallest absolute Gasteiger partial charge is 0.136 e. The fraction of sp³-hybridized carbons (Fsp3) is 0.857. The lowest BCUT2D eigenvalue weighted by Crippen LogP contribution is -2.42. The standard InChI is InChI=1S/C7H13NO2.ClH/c1-5(9)6-4-10-3-2-7(6)8;/h6-7H,2-4,8H2,1H3;1H/t6-,7-;/m1./s1. The molecule has 2 N–H and O–H groups in total. The summed E-state index contributed by atoms with van der Waals surface area (Å²) in [5.41, 5.74) is 5.68. The average Bonchev–Trinajstić information content (AvgIpc) is 1.88. The van der Waals surface area contributed by atoms with Gasteiger partial charge in [-0.3, -0.25) is 4.79 Å². The largest absolute Gasteiger partial charge is 0.381 e. The van der Waals surface area contributed by atoms with E-state index >= 15 is 0 Å². The fourth-order valence-corrected chi connectivity index (χ4v) is 1.17. The first-order chi connectivity index (χ1) is 4.72. The van der Waals surface area contributed by atoms with E-state index in [-0.39, 0.29) is 30.2 Å². The molecule has 0 aromatic carbocycles. The molecule has 1 rings (SSSR count). The van der Waals surface area contributed by atoms with Crippen LogP contribution in [0.1, 0.15) is 13.3 Å². The Labute approximate surface area is 72.7 Å². The fourth-order valence-electron chi connectivity index (χ4n) is 1.17. The number of ketones is 1. The Kier molecular flexibility index (Phi) is 4.65. The number of hydrogen-bond acceptors (Lipinski definition) is 3. The number of rotatable bonds is 1. The van der Waals surface area contributed by atoms with Gasteiger partial charge in [-0.15, -0.1) is 12.4 Å². The molecular weight excluding hydrogens is 166 g/mol. The van der Waals surface area contributed by atoms with Crippen LogP contribution >= 0.6 is 12.4 Å². The molecule has 0 aromatic rings. The second-order valence-corrected chi connectivity index (χ2v) is 2.74. The Bertz CT molecular complexity index is 140. The maximum atomic E-state index is 10.8. The van der Waals surface area contributed by atoms with Crippen LogP contribution in [-0.2, 0) is 9.53 Å². The normalized spacial score (nSPS) is 30.7. The molecule has 1 fully saturated rings. The van der Waals surface area contributed by atoms with Gasteiger partial charge in [-0.2, -0.15) is 0 Å². The van der Waals surface area contributed by atoms with Gasteiger partial charge in [-0.05, 0) is 13.3 Å².